The van der Waals surface area contributed by atoms with Gasteiger partial charge >= 0.3 is 0 Å². The van der Waals surface area contributed by atoms with Crippen LogP contribution in [0, 0.1) is 17.3 Å². The van der Waals surface area contributed by atoms with E-state index in [2.05, 4.69) is 0 Å². The summed E-state index contributed by atoms with van der Waals surface area (Å²) in [5.41, 5.74) is -1.07. The minimum absolute atomic E-state index is 0.0685. The van der Waals surface area contributed by atoms with Crippen LogP contribution in [0.1, 0.15) is 27.2 Å². The summed E-state index contributed by atoms with van der Waals surface area (Å²) in [4.78, 5) is 0. The molecule has 0 saturated heterocycles. The number of aliphatic hydroxyl groups excluding tert-OH is 2. The van der Waals surface area contributed by atoms with Gasteiger partial charge < -0.3 is 15.3 Å². The van der Waals surface area contributed by atoms with Crippen molar-refractivity contribution in [3.63, 3.8) is 0 Å². The molecular formula is C10H20O3. The van der Waals surface area contributed by atoms with Crippen LogP contribution in [0.25, 0.3) is 0 Å². The van der Waals surface area contributed by atoms with Gasteiger partial charge in [0.05, 0.1) is 12.2 Å². The SMILES string of the molecule is CC(O)(CO)C1CC(CO)C1(C)C. The first kappa shape index (κ1) is 11.0. The van der Waals surface area contributed by atoms with Gasteiger partial charge in [0.25, 0.3) is 0 Å². The smallest absolute Gasteiger partial charge is 0.0882 e. The van der Waals surface area contributed by atoms with E-state index in [-0.39, 0.29) is 30.5 Å². The van der Waals surface area contributed by atoms with Crippen LogP contribution in [-0.2, 0) is 0 Å². The maximum Gasteiger partial charge on any atom is 0.0882 e. The molecule has 1 aliphatic rings. The van der Waals surface area contributed by atoms with Crippen molar-refractivity contribution in [1.82, 2.24) is 0 Å². The molecule has 1 fully saturated rings. The Hall–Kier alpha value is -0.120. The summed E-state index contributed by atoms with van der Waals surface area (Å²) in [5.74, 6) is 0.345. The van der Waals surface area contributed by atoms with E-state index in [1.807, 2.05) is 13.8 Å². The van der Waals surface area contributed by atoms with Crippen molar-refractivity contribution >= 4 is 0 Å². The van der Waals surface area contributed by atoms with Gasteiger partial charge in [-0.2, -0.15) is 0 Å². The van der Waals surface area contributed by atoms with E-state index in [4.69, 9.17) is 10.2 Å². The molecule has 3 N–H and O–H groups in total. The molecule has 0 aliphatic heterocycles. The summed E-state index contributed by atoms with van der Waals surface area (Å²) in [6.07, 6.45) is 0.803. The fourth-order valence-electron chi connectivity index (χ4n) is 2.49. The molecule has 3 atom stereocenters. The fraction of sp³-hybridized carbons (Fsp3) is 1.00. The Morgan fingerprint density at radius 1 is 1.38 bits per heavy atom. The Morgan fingerprint density at radius 2 is 1.92 bits per heavy atom. The second-order valence-corrected chi connectivity index (χ2v) is 5.00. The zero-order chi connectivity index (χ0) is 10.3. The molecule has 3 unspecified atom stereocenters. The first-order chi connectivity index (χ1) is 5.86. The van der Waals surface area contributed by atoms with E-state index >= 15 is 0 Å². The fourth-order valence-corrected chi connectivity index (χ4v) is 2.49. The third-order valence-electron chi connectivity index (χ3n) is 3.76. The van der Waals surface area contributed by atoms with Crippen molar-refractivity contribution in [1.29, 1.82) is 0 Å². The Labute approximate surface area is 79.4 Å². The molecule has 0 aromatic rings. The van der Waals surface area contributed by atoms with Crippen LogP contribution in [0.15, 0.2) is 0 Å². The predicted octanol–water partition coefficient (Wildman–Crippen LogP) is 0.384. The molecule has 0 spiro atoms. The predicted molar refractivity (Wildman–Crippen MR) is 50.2 cm³/mol. The Morgan fingerprint density at radius 3 is 2.23 bits per heavy atom. The van der Waals surface area contributed by atoms with E-state index in [0.29, 0.717) is 0 Å². The largest absolute Gasteiger partial charge is 0.396 e. The van der Waals surface area contributed by atoms with E-state index < -0.39 is 5.60 Å². The third kappa shape index (κ3) is 1.60. The van der Waals surface area contributed by atoms with Crippen LogP contribution >= 0.6 is 0 Å². The quantitative estimate of drug-likeness (QED) is 0.600. The average Bonchev–Trinajstić information content (AvgIpc) is 2.03. The first-order valence-corrected chi connectivity index (χ1v) is 4.80. The standard InChI is InChI=1S/C10H20O3/c1-9(2)7(5-11)4-8(9)10(3,13)6-12/h7-8,11-13H,4-6H2,1-3H3. The van der Waals surface area contributed by atoms with Gasteiger partial charge in [0.1, 0.15) is 0 Å². The topological polar surface area (TPSA) is 60.7 Å². The summed E-state index contributed by atoms with van der Waals surface area (Å²) in [7, 11) is 0. The molecular weight excluding hydrogens is 168 g/mol. The molecule has 0 aromatic carbocycles. The average molecular weight is 188 g/mol. The van der Waals surface area contributed by atoms with Crippen molar-refractivity contribution in [2.75, 3.05) is 13.2 Å². The zero-order valence-electron chi connectivity index (χ0n) is 8.62. The van der Waals surface area contributed by atoms with Gasteiger partial charge in [0, 0.05) is 6.61 Å². The van der Waals surface area contributed by atoms with Crippen LogP contribution in [0.2, 0.25) is 0 Å². The third-order valence-corrected chi connectivity index (χ3v) is 3.76. The van der Waals surface area contributed by atoms with Crippen LogP contribution in [0.5, 0.6) is 0 Å². The minimum atomic E-state index is -1.00. The summed E-state index contributed by atoms with van der Waals surface area (Å²) in [5, 5.41) is 27.9. The van der Waals surface area contributed by atoms with Gasteiger partial charge in [-0.25, -0.2) is 0 Å². The molecule has 0 heterocycles. The zero-order valence-corrected chi connectivity index (χ0v) is 8.62. The van der Waals surface area contributed by atoms with Crippen LogP contribution < -0.4 is 0 Å². The summed E-state index contributed by atoms with van der Waals surface area (Å²) >= 11 is 0. The van der Waals surface area contributed by atoms with Gasteiger partial charge in [-0.3, -0.25) is 0 Å². The van der Waals surface area contributed by atoms with E-state index in [0.717, 1.165) is 6.42 Å². The van der Waals surface area contributed by atoms with Crippen LogP contribution in [0.3, 0.4) is 0 Å². The highest BCUT2D eigenvalue weighted by Crippen LogP contribution is 2.55. The van der Waals surface area contributed by atoms with Crippen molar-refractivity contribution in [3.8, 4) is 0 Å². The normalized spacial score (nSPS) is 36.5. The lowest BCUT2D eigenvalue weighted by atomic mass is 9.50. The molecule has 13 heavy (non-hydrogen) atoms. The van der Waals surface area contributed by atoms with Gasteiger partial charge in [-0.05, 0) is 30.6 Å². The first-order valence-electron chi connectivity index (χ1n) is 4.80. The molecule has 78 valence electrons. The summed E-state index contributed by atoms with van der Waals surface area (Å²) in [6, 6.07) is 0. The lowest BCUT2D eigenvalue weighted by Crippen LogP contribution is -2.58. The number of hydrogen-bond acceptors (Lipinski definition) is 3. The van der Waals surface area contributed by atoms with Gasteiger partial charge in [-0.15, -0.1) is 0 Å². The van der Waals surface area contributed by atoms with E-state index in [1.54, 1.807) is 6.92 Å². The Kier molecular flexibility index (Phi) is 2.72. The van der Waals surface area contributed by atoms with Crippen molar-refractivity contribution in [2.45, 2.75) is 32.8 Å². The lowest BCUT2D eigenvalue weighted by Gasteiger charge is -2.56. The summed E-state index contributed by atoms with van der Waals surface area (Å²) in [6.45, 7) is 5.69. The molecule has 3 heteroatoms. The Balaban J connectivity index is 2.68. The highest BCUT2D eigenvalue weighted by atomic mass is 16.3. The number of rotatable bonds is 3. The maximum atomic E-state index is 9.86. The van der Waals surface area contributed by atoms with Gasteiger partial charge in [0.2, 0.25) is 0 Å². The number of hydrogen-bond donors (Lipinski definition) is 3. The lowest BCUT2D eigenvalue weighted by molar-refractivity contribution is -0.173. The Bertz CT molecular complexity index is 187. The second kappa shape index (κ2) is 3.23. The molecule has 1 rings (SSSR count). The maximum absolute atomic E-state index is 9.86. The monoisotopic (exact) mass is 188 g/mol. The molecule has 0 bridgehead atoms. The molecule has 0 amide bonds. The van der Waals surface area contributed by atoms with Gasteiger partial charge in [-0.1, -0.05) is 13.8 Å². The molecule has 0 aromatic heterocycles. The highest BCUT2D eigenvalue weighted by molar-refractivity contribution is 5.03. The van der Waals surface area contributed by atoms with Crippen molar-refractivity contribution in [2.24, 2.45) is 17.3 Å². The second-order valence-electron chi connectivity index (χ2n) is 5.00. The minimum Gasteiger partial charge on any atom is -0.396 e. The number of aliphatic hydroxyl groups is 3. The molecule has 3 nitrogen and oxygen atoms in total. The highest BCUT2D eigenvalue weighted by Gasteiger charge is 2.54. The van der Waals surface area contributed by atoms with E-state index in [1.165, 1.54) is 0 Å². The van der Waals surface area contributed by atoms with E-state index in [9.17, 15) is 5.11 Å². The van der Waals surface area contributed by atoms with Crippen molar-refractivity contribution < 1.29 is 15.3 Å². The molecule has 1 saturated carbocycles. The molecule has 0 radical (unpaired) electrons. The van der Waals surface area contributed by atoms with Crippen LogP contribution in [0.4, 0.5) is 0 Å². The molecule has 1 aliphatic carbocycles. The summed E-state index contributed by atoms with van der Waals surface area (Å²) < 4.78 is 0. The van der Waals surface area contributed by atoms with Crippen LogP contribution in [-0.4, -0.2) is 34.1 Å². The van der Waals surface area contributed by atoms with Gasteiger partial charge in [0.15, 0.2) is 0 Å². The van der Waals surface area contributed by atoms with Crippen molar-refractivity contribution in [3.05, 3.63) is 0 Å².